The molecule has 102 valence electrons. The Hall–Kier alpha value is 0.740. The van der Waals surface area contributed by atoms with Gasteiger partial charge in [0.05, 0.1) is 33.0 Å². The second-order valence-corrected chi connectivity index (χ2v) is 5.77. The number of hydrogen-bond acceptors (Lipinski definition) is 5. The highest BCUT2D eigenvalue weighted by Gasteiger charge is 2.00. The van der Waals surface area contributed by atoms with E-state index in [1.807, 2.05) is 45.2 Å². The van der Waals surface area contributed by atoms with Gasteiger partial charge in [-0.05, 0) is 51.3 Å². The number of aliphatic hydroxyl groups excluding tert-OH is 4. The number of aliphatic hydroxyl groups is 4. The highest BCUT2D eigenvalue weighted by atomic mass is 127. The molecule has 4 N–H and O–H groups in total. The van der Waals surface area contributed by atoms with Crippen LogP contribution in [0.4, 0.5) is 0 Å². The van der Waals surface area contributed by atoms with Crippen molar-refractivity contribution in [3.05, 3.63) is 19.8 Å². The minimum atomic E-state index is -0.768. The minimum Gasteiger partial charge on any atom is -0.394 e. The van der Waals surface area contributed by atoms with Crippen LogP contribution >= 0.6 is 45.2 Å². The van der Waals surface area contributed by atoms with E-state index >= 15 is 0 Å². The van der Waals surface area contributed by atoms with E-state index in [4.69, 9.17) is 25.2 Å². The van der Waals surface area contributed by atoms with Gasteiger partial charge in [-0.15, -0.1) is 0 Å². The maximum atomic E-state index is 8.76. The SMILES string of the molecule is C=C(I)COCC(O)CO.OCC=C(I)CO. The molecule has 0 aliphatic carbocycles. The van der Waals surface area contributed by atoms with Crippen LogP contribution in [0, 0.1) is 0 Å². The summed E-state index contributed by atoms with van der Waals surface area (Å²) in [7, 11) is 0. The number of halogens is 2. The topological polar surface area (TPSA) is 90.2 Å². The summed E-state index contributed by atoms with van der Waals surface area (Å²) >= 11 is 3.99. The van der Waals surface area contributed by atoms with Crippen LogP contribution in [-0.2, 0) is 4.74 Å². The van der Waals surface area contributed by atoms with E-state index in [-0.39, 0.29) is 26.4 Å². The van der Waals surface area contributed by atoms with Gasteiger partial charge in [-0.3, -0.25) is 0 Å². The van der Waals surface area contributed by atoms with Gasteiger partial charge in [-0.2, -0.15) is 0 Å². The van der Waals surface area contributed by atoms with E-state index < -0.39 is 6.10 Å². The second kappa shape index (κ2) is 14.8. The summed E-state index contributed by atoms with van der Waals surface area (Å²) in [5, 5.41) is 33.6. The van der Waals surface area contributed by atoms with E-state index in [9.17, 15) is 0 Å². The highest BCUT2D eigenvalue weighted by molar-refractivity contribution is 14.1. The summed E-state index contributed by atoms with van der Waals surface area (Å²) in [5.74, 6) is 0. The van der Waals surface area contributed by atoms with Crippen molar-refractivity contribution >= 4 is 45.2 Å². The summed E-state index contributed by atoms with van der Waals surface area (Å²) in [5.41, 5.74) is 0. The van der Waals surface area contributed by atoms with Crippen LogP contribution in [-0.4, -0.2) is 59.6 Å². The van der Waals surface area contributed by atoms with Gasteiger partial charge < -0.3 is 25.2 Å². The third kappa shape index (κ3) is 19.3. The molecule has 5 nitrogen and oxygen atoms in total. The van der Waals surface area contributed by atoms with Crippen LogP contribution in [0.15, 0.2) is 19.8 Å². The van der Waals surface area contributed by atoms with Crippen LogP contribution in [0.2, 0.25) is 0 Å². The average molecular weight is 472 g/mol. The first-order valence-electron chi connectivity index (χ1n) is 4.74. The number of rotatable bonds is 7. The zero-order valence-corrected chi connectivity index (χ0v) is 13.7. The van der Waals surface area contributed by atoms with E-state index in [0.717, 1.165) is 7.16 Å². The molecule has 0 fully saturated rings. The molecule has 0 radical (unpaired) electrons. The molecular formula is C10H18I2O5. The van der Waals surface area contributed by atoms with Crippen molar-refractivity contribution in [2.75, 3.05) is 33.0 Å². The van der Waals surface area contributed by atoms with Crippen molar-refractivity contribution in [1.29, 1.82) is 0 Å². The Labute approximate surface area is 128 Å². The van der Waals surface area contributed by atoms with E-state index in [0.29, 0.717) is 6.61 Å². The van der Waals surface area contributed by atoms with Crippen molar-refractivity contribution in [3.8, 4) is 0 Å². The molecule has 0 aromatic rings. The van der Waals surface area contributed by atoms with E-state index in [1.54, 1.807) is 6.08 Å². The second-order valence-electron chi connectivity index (χ2n) is 2.86. The fourth-order valence-electron chi connectivity index (χ4n) is 0.522. The van der Waals surface area contributed by atoms with Gasteiger partial charge in [0.25, 0.3) is 0 Å². The van der Waals surface area contributed by atoms with Gasteiger partial charge in [0.2, 0.25) is 0 Å². The van der Waals surface area contributed by atoms with E-state index in [2.05, 4.69) is 6.58 Å². The summed E-state index contributed by atoms with van der Waals surface area (Å²) in [6, 6.07) is 0. The number of hydrogen-bond donors (Lipinski definition) is 4. The Morgan fingerprint density at radius 3 is 2.18 bits per heavy atom. The molecule has 0 saturated heterocycles. The molecule has 0 aliphatic rings. The largest absolute Gasteiger partial charge is 0.394 e. The van der Waals surface area contributed by atoms with Crippen LogP contribution in [0.5, 0.6) is 0 Å². The standard InChI is InChI=1S/C6H11IO3.C4H7IO2/c1-5(7)3-10-4-6(9)2-8;5-4(3-7)1-2-6/h6,8-9H,1-4H2;1,6-7H,2-3H2. The average Bonchev–Trinajstić information content (AvgIpc) is 2.29. The smallest absolute Gasteiger partial charge is 0.100 e. The lowest BCUT2D eigenvalue weighted by atomic mass is 10.4. The maximum absolute atomic E-state index is 8.76. The number of ether oxygens (including phenoxy) is 1. The lowest BCUT2D eigenvalue weighted by molar-refractivity contribution is 0.0147. The molecule has 0 aromatic carbocycles. The molecule has 0 bridgehead atoms. The molecule has 0 heterocycles. The van der Waals surface area contributed by atoms with Gasteiger partial charge in [-0.25, -0.2) is 0 Å². The normalized spacial score (nSPS) is 12.7. The summed E-state index contributed by atoms with van der Waals surface area (Å²) < 4.78 is 6.59. The Morgan fingerprint density at radius 2 is 1.88 bits per heavy atom. The summed E-state index contributed by atoms with van der Waals surface area (Å²) in [6.45, 7) is 3.97. The summed E-state index contributed by atoms with van der Waals surface area (Å²) in [4.78, 5) is 0. The molecule has 1 atom stereocenters. The maximum Gasteiger partial charge on any atom is 0.100 e. The zero-order valence-electron chi connectivity index (χ0n) is 9.35. The first-order valence-corrected chi connectivity index (χ1v) is 6.89. The van der Waals surface area contributed by atoms with Crippen molar-refractivity contribution in [1.82, 2.24) is 0 Å². The Kier molecular flexibility index (Phi) is 17.5. The van der Waals surface area contributed by atoms with Gasteiger partial charge in [0, 0.05) is 7.16 Å². The molecule has 0 aliphatic heterocycles. The third-order valence-electron chi connectivity index (χ3n) is 1.24. The zero-order chi connectivity index (χ0) is 13.7. The van der Waals surface area contributed by atoms with Crippen LogP contribution < -0.4 is 0 Å². The minimum absolute atomic E-state index is 0.0127. The lowest BCUT2D eigenvalue weighted by Crippen LogP contribution is -2.19. The predicted molar refractivity (Wildman–Crippen MR) is 83.3 cm³/mol. The molecule has 7 heteroatoms. The lowest BCUT2D eigenvalue weighted by Gasteiger charge is -2.06. The highest BCUT2D eigenvalue weighted by Crippen LogP contribution is 2.01. The van der Waals surface area contributed by atoms with Crippen LogP contribution in [0.1, 0.15) is 0 Å². The van der Waals surface area contributed by atoms with Crippen molar-refractivity contribution < 1.29 is 25.2 Å². The Bertz CT molecular complexity index is 221. The van der Waals surface area contributed by atoms with E-state index in [1.165, 1.54) is 0 Å². The first-order chi connectivity index (χ1) is 7.97. The molecule has 0 amide bonds. The molecule has 17 heavy (non-hydrogen) atoms. The molecule has 0 spiro atoms. The molecule has 0 saturated carbocycles. The Balaban J connectivity index is 0. The fraction of sp³-hybridized carbons (Fsp3) is 0.600. The fourth-order valence-corrected chi connectivity index (χ4v) is 0.939. The van der Waals surface area contributed by atoms with Crippen LogP contribution in [0.3, 0.4) is 0 Å². The first kappa shape index (κ1) is 20.1. The monoisotopic (exact) mass is 472 g/mol. The van der Waals surface area contributed by atoms with Gasteiger partial charge in [0.1, 0.15) is 6.10 Å². The molecule has 0 aromatic heterocycles. The van der Waals surface area contributed by atoms with Crippen LogP contribution in [0.25, 0.3) is 0 Å². The Morgan fingerprint density at radius 1 is 1.29 bits per heavy atom. The third-order valence-corrected chi connectivity index (χ3v) is 2.34. The predicted octanol–water partition coefficient (Wildman–Crippen LogP) is 0.595. The van der Waals surface area contributed by atoms with Crippen molar-refractivity contribution in [2.24, 2.45) is 0 Å². The molecule has 0 rings (SSSR count). The molecule has 1 unspecified atom stereocenters. The van der Waals surface area contributed by atoms with Gasteiger partial charge >= 0.3 is 0 Å². The van der Waals surface area contributed by atoms with Gasteiger partial charge in [0.15, 0.2) is 0 Å². The van der Waals surface area contributed by atoms with Gasteiger partial charge in [-0.1, -0.05) is 6.58 Å². The summed E-state index contributed by atoms with van der Waals surface area (Å²) in [6.07, 6.45) is 0.788. The quantitative estimate of drug-likeness (QED) is 0.408. The van der Waals surface area contributed by atoms with Crippen molar-refractivity contribution in [3.63, 3.8) is 0 Å². The molecular weight excluding hydrogens is 454 g/mol. The van der Waals surface area contributed by atoms with Crippen molar-refractivity contribution in [2.45, 2.75) is 6.10 Å².